The summed E-state index contributed by atoms with van der Waals surface area (Å²) in [4.78, 5) is 12.3. The molecule has 0 rings (SSSR count). The molecule has 0 bridgehead atoms. The monoisotopic (exact) mass is 162 g/mol. The van der Waals surface area contributed by atoms with Gasteiger partial charge in [-0.05, 0) is 21.0 Å². The van der Waals surface area contributed by atoms with Gasteiger partial charge in [-0.1, -0.05) is 11.8 Å². The molecular weight excluding hydrogens is 148 g/mol. The lowest BCUT2D eigenvalue weighted by atomic mass is 10.4. The van der Waals surface area contributed by atoms with E-state index in [0.29, 0.717) is 6.04 Å². The molecule has 0 aromatic rings. The molecule has 1 unspecified atom stereocenters. The first-order chi connectivity index (χ1) is 4.54. The van der Waals surface area contributed by atoms with E-state index >= 15 is 0 Å². The lowest BCUT2D eigenvalue weighted by molar-refractivity contribution is 0.267. The molecule has 0 heterocycles. The number of hydrogen-bond donors (Lipinski definition) is 1. The molecule has 0 aliphatic heterocycles. The van der Waals surface area contributed by atoms with Crippen LogP contribution in [0.3, 0.4) is 0 Å². The number of amides is 1. The summed E-state index contributed by atoms with van der Waals surface area (Å²) >= 11 is 1.16. The van der Waals surface area contributed by atoms with E-state index in [1.807, 2.05) is 14.1 Å². The van der Waals surface area contributed by atoms with E-state index in [9.17, 15) is 4.79 Å². The maximum atomic E-state index is 10.3. The summed E-state index contributed by atoms with van der Waals surface area (Å²) in [5.74, 6) is 0.766. The standard InChI is InChI=1S/C6H14N2OS/c1-5(8(2)3)4-10-6(7)9/h5H,4H2,1-3H3,(H2,7,9). The van der Waals surface area contributed by atoms with E-state index < -0.39 is 0 Å². The highest BCUT2D eigenvalue weighted by Gasteiger charge is 2.05. The fourth-order valence-electron chi connectivity index (χ4n) is 0.352. The van der Waals surface area contributed by atoms with Gasteiger partial charge in [0.05, 0.1) is 0 Å². The minimum Gasteiger partial charge on any atom is -0.361 e. The molecule has 0 aromatic carbocycles. The zero-order valence-corrected chi connectivity index (χ0v) is 7.44. The summed E-state index contributed by atoms with van der Waals surface area (Å²) in [5, 5.41) is -0.297. The van der Waals surface area contributed by atoms with E-state index in [4.69, 9.17) is 5.73 Å². The molecule has 1 amide bonds. The third-order valence-electron chi connectivity index (χ3n) is 1.35. The van der Waals surface area contributed by atoms with Crippen LogP contribution in [-0.4, -0.2) is 36.0 Å². The Kier molecular flexibility index (Phi) is 4.47. The van der Waals surface area contributed by atoms with Gasteiger partial charge in [0.25, 0.3) is 5.24 Å². The van der Waals surface area contributed by atoms with Gasteiger partial charge >= 0.3 is 0 Å². The minimum absolute atomic E-state index is 0.297. The lowest BCUT2D eigenvalue weighted by Crippen LogP contribution is -2.27. The van der Waals surface area contributed by atoms with Crippen LogP contribution in [0.4, 0.5) is 4.79 Å². The SMILES string of the molecule is CC(CSC(N)=O)N(C)C. The van der Waals surface area contributed by atoms with E-state index in [0.717, 1.165) is 17.5 Å². The van der Waals surface area contributed by atoms with E-state index in [2.05, 4.69) is 11.8 Å². The van der Waals surface area contributed by atoms with Gasteiger partial charge in [0.2, 0.25) is 0 Å². The number of rotatable bonds is 3. The van der Waals surface area contributed by atoms with Crippen molar-refractivity contribution in [2.75, 3.05) is 19.8 Å². The first-order valence-corrected chi connectivity index (χ1v) is 4.11. The number of carbonyl (C=O) groups excluding carboxylic acids is 1. The Hall–Kier alpha value is -0.220. The second-order valence-electron chi connectivity index (χ2n) is 2.44. The second kappa shape index (κ2) is 4.57. The molecule has 10 heavy (non-hydrogen) atoms. The average Bonchev–Trinajstić information content (AvgIpc) is 1.82. The molecule has 0 saturated carbocycles. The van der Waals surface area contributed by atoms with Crippen LogP contribution in [0.1, 0.15) is 6.92 Å². The van der Waals surface area contributed by atoms with Crippen molar-refractivity contribution in [1.82, 2.24) is 4.90 Å². The predicted molar refractivity (Wildman–Crippen MR) is 45.2 cm³/mol. The van der Waals surface area contributed by atoms with Gasteiger partial charge in [0.1, 0.15) is 0 Å². The van der Waals surface area contributed by atoms with Crippen LogP contribution in [0, 0.1) is 0 Å². The number of nitrogens with two attached hydrogens (primary N) is 1. The maximum Gasteiger partial charge on any atom is 0.276 e. The summed E-state index contributed by atoms with van der Waals surface area (Å²) in [6.07, 6.45) is 0. The van der Waals surface area contributed by atoms with Gasteiger partial charge in [0, 0.05) is 11.8 Å². The van der Waals surface area contributed by atoms with Crippen LogP contribution in [-0.2, 0) is 0 Å². The maximum absolute atomic E-state index is 10.3. The summed E-state index contributed by atoms with van der Waals surface area (Å²) in [7, 11) is 3.96. The van der Waals surface area contributed by atoms with Crippen molar-refractivity contribution in [3.05, 3.63) is 0 Å². The highest BCUT2D eigenvalue weighted by atomic mass is 32.2. The van der Waals surface area contributed by atoms with Crippen LogP contribution >= 0.6 is 11.8 Å². The van der Waals surface area contributed by atoms with Crippen molar-refractivity contribution in [3.8, 4) is 0 Å². The van der Waals surface area contributed by atoms with Gasteiger partial charge in [-0.25, -0.2) is 0 Å². The quantitative estimate of drug-likeness (QED) is 0.666. The Bertz CT molecular complexity index is 116. The highest BCUT2D eigenvalue weighted by Crippen LogP contribution is 2.04. The molecule has 0 spiro atoms. The van der Waals surface area contributed by atoms with Crippen LogP contribution in [0.5, 0.6) is 0 Å². The molecule has 0 radical (unpaired) electrons. The molecule has 1 atom stereocenters. The zero-order chi connectivity index (χ0) is 8.15. The second-order valence-corrected chi connectivity index (χ2v) is 3.47. The van der Waals surface area contributed by atoms with E-state index in [1.165, 1.54) is 0 Å². The number of hydrogen-bond acceptors (Lipinski definition) is 3. The fourth-order valence-corrected chi connectivity index (χ4v) is 1.06. The summed E-state index contributed by atoms with van der Waals surface area (Å²) in [6, 6.07) is 0.400. The van der Waals surface area contributed by atoms with Gasteiger partial charge in [-0.15, -0.1) is 0 Å². The zero-order valence-electron chi connectivity index (χ0n) is 6.63. The molecule has 0 fully saturated rings. The van der Waals surface area contributed by atoms with E-state index in [-0.39, 0.29) is 5.24 Å². The third-order valence-corrected chi connectivity index (χ3v) is 2.28. The molecule has 2 N–H and O–H groups in total. The van der Waals surface area contributed by atoms with Crippen molar-refractivity contribution in [1.29, 1.82) is 0 Å². The summed E-state index contributed by atoms with van der Waals surface area (Å²) in [6.45, 7) is 2.05. The number of carbonyl (C=O) groups is 1. The van der Waals surface area contributed by atoms with Gasteiger partial charge in [-0.3, -0.25) is 4.79 Å². The van der Waals surface area contributed by atoms with Crippen molar-refractivity contribution in [2.24, 2.45) is 5.73 Å². The Morgan fingerprint density at radius 1 is 1.70 bits per heavy atom. The van der Waals surface area contributed by atoms with Crippen LogP contribution < -0.4 is 5.73 Å². The molecular formula is C6H14N2OS. The normalized spacial score (nSPS) is 13.6. The van der Waals surface area contributed by atoms with E-state index in [1.54, 1.807) is 0 Å². The first kappa shape index (κ1) is 9.78. The predicted octanol–water partition coefficient (Wildman–Crippen LogP) is 0.748. The van der Waals surface area contributed by atoms with Crippen LogP contribution in [0.25, 0.3) is 0 Å². The number of thioether (sulfide) groups is 1. The molecule has 60 valence electrons. The molecule has 4 heteroatoms. The van der Waals surface area contributed by atoms with Crippen molar-refractivity contribution < 1.29 is 4.79 Å². The van der Waals surface area contributed by atoms with Crippen molar-refractivity contribution in [2.45, 2.75) is 13.0 Å². The minimum atomic E-state index is -0.297. The largest absolute Gasteiger partial charge is 0.361 e. The number of nitrogens with zero attached hydrogens (tertiary/aromatic N) is 1. The molecule has 0 saturated heterocycles. The van der Waals surface area contributed by atoms with Gasteiger partial charge < -0.3 is 10.6 Å². The molecule has 0 aliphatic rings. The summed E-state index contributed by atoms with van der Waals surface area (Å²) < 4.78 is 0. The topological polar surface area (TPSA) is 46.3 Å². The lowest BCUT2D eigenvalue weighted by Gasteiger charge is -2.17. The third kappa shape index (κ3) is 4.64. The fraction of sp³-hybridized carbons (Fsp3) is 0.833. The Morgan fingerprint density at radius 2 is 2.20 bits per heavy atom. The average molecular weight is 162 g/mol. The smallest absolute Gasteiger partial charge is 0.276 e. The van der Waals surface area contributed by atoms with Gasteiger partial charge in [0.15, 0.2) is 0 Å². The van der Waals surface area contributed by atoms with Crippen LogP contribution in [0.2, 0.25) is 0 Å². The first-order valence-electron chi connectivity index (χ1n) is 3.12. The molecule has 0 aliphatic carbocycles. The van der Waals surface area contributed by atoms with Gasteiger partial charge in [-0.2, -0.15) is 0 Å². The summed E-state index contributed by atoms with van der Waals surface area (Å²) in [5.41, 5.74) is 4.95. The Balaban J connectivity index is 3.39. The highest BCUT2D eigenvalue weighted by molar-refractivity contribution is 8.13. The Labute approximate surface area is 65.9 Å². The van der Waals surface area contributed by atoms with Crippen molar-refractivity contribution in [3.63, 3.8) is 0 Å². The number of primary amides is 1. The van der Waals surface area contributed by atoms with Crippen molar-refractivity contribution >= 4 is 17.0 Å². The Morgan fingerprint density at radius 3 is 2.50 bits per heavy atom. The van der Waals surface area contributed by atoms with Crippen LogP contribution in [0.15, 0.2) is 0 Å². The molecule has 0 aromatic heterocycles. The molecule has 3 nitrogen and oxygen atoms in total.